The largest absolute Gasteiger partial charge is 0.483 e. The topological polar surface area (TPSA) is 76.7 Å². The lowest BCUT2D eigenvalue weighted by atomic mass is 10.2. The van der Waals surface area contributed by atoms with Crippen LogP contribution in [-0.2, 0) is 9.53 Å². The normalized spacial score (nSPS) is 15.9. The second kappa shape index (κ2) is 10.0. The van der Waals surface area contributed by atoms with E-state index >= 15 is 0 Å². The molecule has 1 fully saturated rings. The molecule has 2 aromatic rings. The van der Waals surface area contributed by atoms with Crippen LogP contribution in [0.4, 0.5) is 5.69 Å². The van der Waals surface area contributed by atoms with Gasteiger partial charge in [0, 0.05) is 28.9 Å². The molecule has 2 N–H and O–H groups in total. The van der Waals surface area contributed by atoms with E-state index in [2.05, 4.69) is 42.5 Å². The van der Waals surface area contributed by atoms with E-state index in [0.29, 0.717) is 23.5 Å². The third kappa shape index (κ3) is 6.05. The van der Waals surface area contributed by atoms with Crippen molar-refractivity contribution in [1.82, 2.24) is 5.32 Å². The lowest BCUT2D eigenvalue weighted by Crippen LogP contribution is -2.31. The number of anilines is 1. The average molecular weight is 512 g/mol. The van der Waals surface area contributed by atoms with Crippen LogP contribution < -0.4 is 15.4 Å². The standard InChI is InChI=1S/C20H20Br2N2O4/c21-14-5-8-18(17(22)10-14)28-12-19(25)24-15-6-3-13(4-7-15)20(26)23-11-16-2-1-9-27-16/h3-8,10,16H,1-2,9,11-12H2,(H,23,26)(H,24,25). The van der Waals surface area contributed by atoms with Crippen molar-refractivity contribution in [3.05, 3.63) is 57.0 Å². The Morgan fingerprint density at radius 3 is 2.61 bits per heavy atom. The molecular weight excluding hydrogens is 492 g/mol. The van der Waals surface area contributed by atoms with E-state index in [0.717, 1.165) is 28.4 Å². The molecule has 6 nitrogen and oxygen atoms in total. The van der Waals surface area contributed by atoms with Crippen LogP contribution in [0.1, 0.15) is 23.2 Å². The summed E-state index contributed by atoms with van der Waals surface area (Å²) in [6, 6.07) is 12.2. The lowest BCUT2D eigenvalue weighted by molar-refractivity contribution is -0.118. The van der Waals surface area contributed by atoms with Crippen molar-refractivity contribution >= 4 is 49.4 Å². The number of hydrogen-bond donors (Lipinski definition) is 2. The average Bonchev–Trinajstić information content (AvgIpc) is 3.19. The molecule has 0 spiro atoms. The molecule has 1 saturated heterocycles. The van der Waals surface area contributed by atoms with E-state index in [-0.39, 0.29) is 24.5 Å². The Bertz CT molecular complexity index is 837. The summed E-state index contributed by atoms with van der Waals surface area (Å²) in [6.07, 6.45) is 2.12. The Kier molecular flexibility index (Phi) is 7.47. The highest BCUT2D eigenvalue weighted by molar-refractivity contribution is 9.11. The zero-order valence-electron chi connectivity index (χ0n) is 15.0. The number of benzene rings is 2. The lowest BCUT2D eigenvalue weighted by Gasteiger charge is -2.11. The number of carbonyl (C=O) groups is 2. The molecular formula is C20H20Br2N2O4. The van der Waals surface area contributed by atoms with Gasteiger partial charge in [-0.1, -0.05) is 15.9 Å². The predicted molar refractivity (Wildman–Crippen MR) is 114 cm³/mol. The van der Waals surface area contributed by atoms with Crippen molar-refractivity contribution in [1.29, 1.82) is 0 Å². The molecule has 1 unspecified atom stereocenters. The van der Waals surface area contributed by atoms with Crippen molar-refractivity contribution in [2.45, 2.75) is 18.9 Å². The van der Waals surface area contributed by atoms with Crippen molar-refractivity contribution < 1.29 is 19.1 Å². The molecule has 2 aromatic carbocycles. The van der Waals surface area contributed by atoms with Gasteiger partial charge in [0.15, 0.2) is 6.61 Å². The van der Waals surface area contributed by atoms with Gasteiger partial charge in [0.1, 0.15) is 5.75 Å². The highest BCUT2D eigenvalue weighted by Crippen LogP contribution is 2.28. The predicted octanol–water partition coefficient (Wildman–Crippen LogP) is 4.14. The molecule has 1 heterocycles. The molecule has 0 saturated carbocycles. The van der Waals surface area contributed by atoms with Crippen LogP contribution in [0.5, 0.6) is 5.75 Å². The second-order valence-corrected chi connectivity index (χ2v) is 8.10. The molecule has 28 heavy (non-hydrogen) atoms. The fraction of sp³-hybridized carbons (Fsp3) is 0.300. The molecule has 2 amide bonds. The number of rotatable bonds is 7. The minimum atomic E-state index is -0.287. The minimum absolute atomic E-state index is 0.105. The highest BCUT2D eigenvalue weighted by atomic mass is 79.9. The maximum absolute atomic E-state index is 12.2. The van der Waals surface area contributed by atoms with Gasteiger partial charge in [0.05, 0.1) is 10.6 Å². The van der Waals surface area contributed by atoms with Gasteiger partial charge in [0.2, 0.25) is 0 Å². The molecule has 3 rings (SSSR count). The highest BCUT2D eigenvalue weighted by Gasteiger charge is 2.16. The Morgan fingerprint density at radius 1 is 1.14 bits per heavy atom. The Hall–Kier alpha value is -1.90. The van der Waals surface area contributed by atoms with Crippen LogP contribution in [-0.4, -0.2) is 37.7 Å². The smallest absolute Gasteiger partial charge is 0.262 e. The maximum atomic E-state index is 12.2. The quantitative estimate of drug-likeness (QED) is 0.585. The van der Waals surface area contributed by atoms with Crippen LogP contribution in [0.2, 0.25) is 0 Å². The van der Waals surface area contributed by atoms with Crippen LogP contribution >= 0.6 is 31.9 Å². The fourth-order valence-corrected chi connectivity index (χ4v) is 3.91. The van der Waals surface area contributed by atoms with Crippen LogP contribution in [0.15, 0.2) is 51.4 Å². The number of halogens is 2. The first kappa shape index (κ1) is 20.8. The van der Waals surface area contributed by atoms with E-state index in [1.54, 1.807) is 30.3 Å². The van der Waals surface area contributed by atoms with Crippen molar-refractivity contribution in [2.75, 3.05) is 25.1 Å². The Balaban J connectivity index is 1.46. The first-order valence-electron chi connectivity index (χ1n) is 8.89. The van der Waals surface area contributed by atoms with Crippen molar-refractivity contribution in [3.8, 4) is 5.75 Å². The summed E-state index contributed by atoms with van der Waals surface area (Å²) in [4.78, 5) is 24.2. The summed E-state index contributed by atoms with van der Waals surface area (Å²) in [6.45, 7) is 1.15. The third-order valence-corrected chi connectivity index (χ3v) is 5.31. The van der Waals surface area contributed by atoms with Crippen molar-refractivity contribution in [3.63, 3.8) is 0 Å². The third-order valence-electron chi connectivity index (χ3n) is 4.20. The molecule has 148 valence electrons. The number of carbonyl (C=O) groups excluding carboxylic acids is 2. The van der Waals surface area contributed by atoms with Gasteiger partial charge in [-0.3, -0.25) is 9.59 Å². The molecule has 0 aliphatic carbocycles. The van der Waals surface area contributed by atoms with Gasteiger partial charge in [-0.05, 0) is 71.2 Å². The maximum Gasteiger partial charge on any atom is 0.262 e. The zero-order chi connectivity index (χ0) is 19.9. The van der Waals surface area contributed by atoms with Crippen molar-refractivity contribution in [2.24, 2.45) is 0 Å². The summed E-state index contributed by atoms with van der Waals surface area (Å²) in [5.74, 6) is 0.138. The first-order chi connectivity index (χ1) is 13.5. The number of nitrogens with one attached hydrogen (secondary N) is 2. The van der Waals surface area contributed by atoms with Gasteiger partial charge < -0.3 is 20.1 Å². The summed E-state index contributed by atoms with van der Waals surface area (Å²) in [5, 5.41) is 5.62. The van der Waals surface area contributed by atoms with E-state index in [9.17, 15) is 9.59 Å². The van der Waals surface area contributed by atoms with Crippen LogP contribution in [0.25, 0.3) is 0 Å². The number of hydrogen-bond acceptors (Lipinski definition) is 4. The van der Waals surface area contributed by atoms with E-state index in [1.165, 1.54) is 0 Å². The molecule has 1 aliphatic rings. The summed E-state index contributed by atoms with van der Waals surface area (Å²) in [5.41, 5.74) is 1.13. The Labute approximate surface area is 180 Å². The molecule has 1 aliphatic heterocycles. The Morgan fingerprint density at radius 2 is 1.93 bits per heavy atom. The van der Waals surface area contributed by atoms with Gasteiger partial charge in [-0.25, -0.2) is 0 Å². The minimum Gasteiger partial charge on any atom is -0.483 e. The van der Waals surface area contributed by atoms with Crippen LogP contribution in [0, 0.1) is 0 Å². The summed E-state index contributed by atoms with van der Waals surface area (Å²) < 4.78 is 12.7. The number of ether oxygens (including phenoxy) is 2. The van der Waals surface area contributed by atoms with E-state index in [4.69, 9.17) is 9.47 Å². The van der Waals surface area contributed by atoms with E-state index < -0.39 is 0 Å². The number of amides is 2. The second-order valence-electron chi connectivity index (χ2n) is 6.33. The zero-order valence-corrected chi connectivity index (χ0v) is 18.2. The van der Waals surface area contributed by atoms with Gasteiger partial charge in [0.25, 0.3) is 11.8 Å². The SMILES string of the molecule is O=C(COc1ccc(Br)cc1Br)Nc1ccc(C(=O)NCC2CCCO2)cc1. The summed E-state index contributed by atoms with van der Waals surface area (Å²) >= 11 is 6.75. The van der Waals surface area contributed by atoms with E-state index in [1.807, 2.05) is 12.1 Å². The van der Waals surface area contributed by atoms with Gasteiger partial charge in [-0.15, -0.1) is 0 Å². The monoisotopic (exact) mass is 510 g/mol. The molecule has 0 aromatic heterocycles. The molecule has 8 heteroatoms. The fourth-order valence-electron chi connectivity index (χ4n) is 2.75. The van der Waals surface area contributed by atoms with Gasteiger partial charge >= 0.3 is 0 Å². The van der Waals surface area contributed by atoms with Gasteiger partial charge in [-0.2, -0.15) is 0 Å². The molecule has 0 radical (unpaired) electrons. The first-order valence-corrected chi connectivity index (χ1v) is 10.5. The molecule has 0 bridgehead atoms. The van der Waals surface area contributed by atoms with Crippen LogP contribution in [0.3, 0.4) is 0 Å². The summed E-state index contributed by atoms with van der Waals surface area (Å²) in [7, 11) is 0. The molecule has 1 atom stereocenters.